The number of piperidine rings is 1. The molecule has 0 radical (unpaired) electrons. The summed E-state index contributed by atoms with van der Waals surface area (Å²) in [6, 6.07) is 4.33. The number of aryl methyl sites for hydroxylation is 2. The van der Waals surface area contributed by atoms with Gasteiger partial charge in [-0.15, -0.1) is 0 Å². The minimum absolute atomic E-state index is 0.156. The van der Waals surface area contributed by atoms with E-state index in [0.29, 0.717) is 0 Å². The van der Waals surface area contributed by atoms with Gasteiger partial charge in [-0.2, -0.15) is 0 Å². The average Bonchev–Trinajstić information content (AvgIpc) is 2.45. The molecule has 21 heavy (non-hydrogen) atoms. The Morgan fingerprint density at radius 1 is 1.33 bits per heavy atom. The largest absolute Gasteiger partial charge is 0.496 e. The second-order valence-corrected chi connectivity index (χ2v) is 5.98. The summed E-state index contributed by atoms with van der Waals surface area (Å²) in [6.07, 6.45) is 2.47. The minimum Gasteiger partial charge on any atom is -0.496 e. The molecule has 0 unspecified atom stereocenters. The lowest BCUT2D eigenvalue weighted by atomic mass is 9.96. The van der Waals surface area contributed by atoms with Crippen molar-refractivity contribution in [3.8, 4) is 5.75 Å². The highest BCUT2D eigenvalue weighted by atomic mass is 16.5. The molecule has 0 aromatic heterocycles. The van der Waals surface area contributed by atoms with E-state index in [-0.39, 0.29) is 5.92 Å². The van der Waals surface area contributed by atoms with E-state index in [0.717, 1.165) is 44.6 Å². The first kappa shape index (κ1) is 15.8. The Hall–Kier alpha value is -1.55. The molecular formula is C17H25NO3. The molecule has 4 heteroatoms. The number of nitrogens with zero attached hydrogens (tertiary/aromatic N) is 1. The number of hydrogen-bond donors (Lipinski definition) is 1. The van der Waals surface area contributed by atoms with E-state index in [9.17, 15) is 4.79 Å². The molecule has 0 saturated carbocycles. The second-order valence-electron chi connectivity index (χ2n) is 5.98. The van der Waals surface area contributed by atoms with Crippen LogP contribution in [0, 0.1) is 19.8 Å². The molecule has 1 fully saturated rings. The monoisotopic (exact) mass is 291 g/mol. The van der Waals surface area contributed by atoms with Crippen molar-refractivity contribution in [2.75, 3.05) is 26.7 Å². The van der Waals surface area contributed by atoms with E-state index in [1.807, 2.05) is 0 Å². The number of carboxylic acids is 1. The summed E-state index contributed by atoms with van der Waals surface area (Å²) in [5.74, 6) is 0.184. The van der Waals surface area contributed by atoms with Gasteiger partial charge < -0.3 is 14.7 Å². The first-order valence-corrected chi connectivity index (χ1v) is 7.60. The summed E-state index contributed by atoms with van der Waals surface area (Å²) >= 11 is 0. The number of aliphatic carboxylic acids is 1. The van der Waals surface area contributed by atoms with E-state index in [2.05, 4.69) is 30.9 Å². The minimum atomic E-state index is -0.648. The Bertz CT molecular complexity index is 505. The first-order valence-electron chi connectivity index (χ1n) is 7.60. The van der Waals surface area contributed by atoms with Crippen molar-refractivity contribution in [2.45, 2.75) is 33.1 Å². The van der Waals surface area contributed by atoms with Gasteiger partial charge in [-0.3, -0.25) is 4.79 Å². The number of ether oxygens (including phenoxy) is 1. The highest BCUT2D eigenvalue weighted by molar-refractivity contribution is 5.70. The number of hydrogen-bond acceptors (Lipinski definition) is 3. The fourth-order valence-electron chi connectivity index (χ4n) is 3.20. The van der Waals surface area contributed by atoms with Gasteiger partial charge in [0.15, 0.2) is 0 Å². The summed E-state index contributed by atoms with van der Waals surface area (Å²) in [6.45, 7) is 6.90. The summed E-state index contributed by atoms with van der Waals surface area (Å²) < 4.78 is 5.52. The van der Waals surface area contributed by atoms with Crippen molar-refractivity contribution in [1.82, 2.24) is 4.90 Å². The Morgan fingerprint density at radius 3 is 2.57 bits per heavy atom. The van der Waals surface area contributed by atoms with Crippen LogP contribution in [0.1, 0.15) is 29.5 Å². The third kappa shape index (κ3) is 3.97. The lowest BCUT2D eigenvalue weighted by molar-refractivity contribution is -0.143. The Kier molecular flexibility index (Phi) is 5.23. The van der Waals surface area contributed by atoms with Crippen LogP contribution in [0.15, 0.2) is 12.1 Å². The highest BCUT2D eigenvalue weighted by Gasteiger charge is 2.24. The number of methoxy groups -OCH3 is 1. The van der Waals surface area contributed by atoms with E-state index in [1.165, 1.54) is 16.7 Å². The van der Waals surface area contributed by atoms with Crippen LogP contribution in [0.5, 0.6) is 5.75 Å². The number of carbonyl (C=O) groups is 1. The van der Waals surface area contributed by atoms with Crippen LogP contribution in [0.2, 0.25) is 0 Å². The SMILES string of the molecule is COc1c(C)cc(C)cc1CCN1CCC(C(=O)O)CC1. The molecule has 1 aromatic carbocycles. The maximum Gasteiger partial charge on any atom is 0.306 e. The summed E-state index contributed by atoms with van der Waals surface area (Å²) in [4.78, 5) is 13.3. The number of likely N-dealkylation sites (tertiary alicyclic amines) is 1. The third-order valence-corrected chi connectivity index (χ3v) is 4.33. The zero-order valence-corrected chi connectivity index (χ0v) is 13.2. The smallest absolute Gasteiger partial charge is 0.306 e. The van der Waals surface area contributed by atoms with Crippen LogP contribution in [-0.4, -0.2) is 42.7 Å². The fraction of sp³-hybridized carbons (Fsp3) is 0.588. The van der Waals surface area contributed by atoms with E-state index in [4.69, 9.17) is 9.84 Å². The molecule has 0 amide bonds. The number of carboxylic acid groups (broad SMARTS) is 1. The highest BCUT2D eigenvalue weighted by Crippen LogP contribution is 2.26. The lowest BCUT2D eigenvalue weighted by Gasteiger charge is -2.30. The van der Waals surface area contributed by atoms with Gasteiger partial charge in [-0.25, -0.2) is 0 Å². The number of benzene rings is 1. The van der Waals surface area contributed by atoms with Crippen molar-refractivity contribution in [1.29, 1.82) is 0 Å². The van der Waals surface area contributed by atoms with Crippen LogP contribution in [0.25, 0.3) is 0 Å². The zero-order valence-electron chi connectivity index (χ0n) is 13.2. The zero-order chi connectivity index (χ0) is 15.4. The molecular weight excluding hydrogens is 266 g/mol. The van der Waals surface area contributed by atoms with Gasteiger partial charge >= 0.3 is 5.97 Å². The van der Waals surface area contributed by atoms with Crippen LogP contribution < -0.4 is 4.74 Å². The van der Waals surface area contributed by atoms with Crippen molar-refractivity contribution in [2.24, 2.45) is 5.92 Å². The van der Waals surface area contributed by atoms with Crippen LogP contribution in [0.4, 0.5) is 0 Å². The van der Waals surface area contributed by atoms with Crippen LogP contribution in [-0.2, 0) is 11.2 Å². The topological polar surface area (TPSA) is 49.8 Å². The van der Waals surface area contributed by atoms with E-state index in [1.54, 1.807) is 7.11 Å². The molecule has 0 atom stereocenters. The Balaban J connectivity index is 1.94. The first-order chi connectivity index (χ1) is 10.0. The normalized spacial score (nSPS) is 16.9. The van der Waals surface area contributed by atoms with Gasteiger partial charge in [0.2, 0.25) is 0 Å². The van der Waals surface area contributed by atoms with Crippen molar-refractivity contribution < 1.29 is 14.6 Å². The molecule has 1 heterocycles. The summed E-state index contributed by atoms with van der Waals surface area (Å²) in [5, 5.41) is 9.03. The standard InChI is InChI=1S/C17H25NO3/c1-12-10-13(2)16(21-3)15(11-12)6-9-18-7-4-14(5-8-18)17(19)20/h10-11,14H,4-9H2,1-3H3,(H,19,20). The maximum atomic E-state index is 11.0. The molecule has 0 aliphatic carbocycles. The summed E-state index contributed by atoms with van der Waals surface area (Å²) in [5.41, 5.74) is 3.68. The Morgan fingerprint density at radius 2 is 2.00 bits per heavy atom. The van der Waals surface area contributed by atoms with Gasteiger partial charge in [0, 0.05) is 6.54 Å². The Labute approximate surface area is 126 Å². The average molecular weight is 291 g/mol. The molecule has 1 aliphatic rings. The van der Waals surface area contributed by atoms with E-state index < -0.39 is 5.97 Å². The van der Waals surface area contributed by atoms with Gasteiger partial charge in [-0.1, -0.05) is 17.7 Å². The molecule has 1 N–H and O–H groups in total. The maximum absolute atomic E-state index is 11.0. The van der Waals surface area contributed by atoms with E-state index >= 15 is 0 Å². The van der Waals surface area contributed by atoms with Crippen molar-refractivity contribution in [3.05, 3.63) is 28.8 Å². The lowest BCUT2D eigenvalue weighted by Crippen LogP contribution is -2.37. The predicted molar refractivity (Wildman–Crippen MR) is 83.0 cm³/mol. The molecule has 2 rings (SSSR count). The van der Waals surface area contributed by atoms with Crippen LogP contribution in [0.3, 0.4) is 0 Å². The molecule has 0 bridgehead atoms. The second kappa shape index (κ2) is 6.94. The fourth-order valence-corrected chi connectivity index (χ4v) is 3.20. The van der Waals surface area contributed by atoms with Gasteiger partial charge in [0.05, 0.1) is 13.0 Å². The molecule has 0 spiro atoms. The summed E-state index contributed by atoms with van der Waals surface area (Å²) in [7, 11) is 1.72. The van der Waals surface area contributed by atoms with Gasteiger partial charge in [0.25, 0.3) is 0 Å². The van der Waals surface area contributed by atoms with Gasteiger partial charge in [-0.05, 0) is 57.3 Å². The molecule has 116 valence electrons. The van der Waals surface area contributed by atoms with Crippen molar-refractivity contribution in [3.63, 3.8) is 0 Å². The third-order valence-electron chi connectivity index (χ3n) is 4.33. The molecule has 1 aromatic rings. The number of rotatable bonds is 5. The predicted octanol–water partition coefficient (Wildman–Crippen LogP) is 2.65. The molecule has 4 nitrogen and oxygen atoms in total. The molecule has 1 saturated heterocycles. The van der Waals surface area contributed by atoms with Gasteiger partial charge in [0.1, 0.15) is 5.75 Å². The van der Waals surface area contributed by atoms with Crippen LogP contribution >= 0.6 is 0 Å². The molecule has 1 aliphatic heterocycles. The van der Waals surface area contributed by atoms with Crippen molar-refractivity contribution >= 4 is 5.97 Å². The quantitative estimate of drug-likeness (QED) is 0.906.